The molecular weight excluding hydrogens is 96.1 g/mol. The van der Waals surface area contributed by atoms with Crippen molar-refractivity contribution < 1.29 is 0 Å². The summed E-state index contributed by atoms with van der Waals surface area (Å²) in [7, 11) is 0. The van der Waals surface area contributed by atoms with Gasteiger partial charge in [-0.2, -0.15) is 0 Å². The van der Waals surface area contributed by atoms with Crippen molar-refractivity contribution in [2.24, 2.45) is 11.8 Å². The van der Waals surface area contributed by atoms with Gasteiger partial charge in [0.2, 0.25) is 0 Å². The Labute approximate surface area is 52.3 Å². The van der Waals surface area contributed by atoms with E-state index in [2.05, 4.69) is 13.8 Å². The second-order valence-electron chi connectivity index (χ2n) is 3.19. The molecule has 1 saturated carbocycles. The molecule has 1 fully saturated rings. The van der Waals surface area contributed by atoms with Gasteiger partial charge in [0.1, 0.15) is 0 Å². The Morgan fingerprint density at radius 1 is 1.38 bits per heavy atom. The number of rotatable bonds is 1. The van der Waals surface area contributed by atoms with Crippen molar-refractivity contribution in [2.75, 3.05) is 0 Å². The summed E-state index contributed by atoms with van der Waals surface area (Å²) in [5.74, 6) is 2.10. The van der Waals surface area contributed by atoms with Crippen molar-refractivity contribution in [1.82, 2.24) is 0 Å². The predicted molar refractivity (Wildman–Crippen MR) is 36.8 cm³/mol. The highest BCUT2D eigenvalue weighted by molar-refractivity contribution is 4.70. The summed E-state index contributed by atoms with van der Waals surface area (Å²) < 4.78 is 0. The van der Waals surface area contributed by atoms with Crippen LogP contribution in [0, 0.1) is 11.8 Å². The third kappa shape index (κ3) is 1.24. The third-order valence-corrected chi connectivity index (χ3v) is 2.38. The summed E-state index contributed by atoms with van der Waals surface area (Å²) in [6, 6.07) is 0. The van der Waals surface area contributed by atoms with Gasteiger partial charge in [-0.1, -0.05) is 33.1 Å². The lowest BCUT2D eigenvalue weighted by Gasteiger charge is -2.02. The van der Waals surface area contributed by atoms with E-state index < -0.39 is 0 Å². The Kier molecular flexibility index (Phi) is 1.93. The minimum atomic E-state index is 1.03. The number of hydrogen-bond donors (Lipinski definition) is 0. The molecule has 1 rings (SSSR count). The van der Waals surface area contributed by atoms with Gasteiger partial charge in [-0.05, 0) is 18.3 Å². The van der Waals surface area contributed by atoms with E-state index in [-0.39, 0.29) is 0 Å². The van der Waals surface area contributed by atoms with Crippen molar-refractivity contribution >= 4 is 0 Å². The van der Waals surface area contributed by atoms with Crippen LogP contribution in [0.4, 0.5) is 0 Å². The zero-order valence-electron chi connectivity index (χ0n) is 5.98. The number of hydrogen-bond acceptors (Lipinski definition) is 0. The molecule has 0 aromatic carbocycles. The minimum Gasteiger partial charge on any atom is -0.0651 e. The molecule has 1 aliphatic carbocycles. The molecule has 0 N–H and O–H groups in total. The van der Waals surface area contributed by atoms with Crippen molar-refractivity contribution in [3.63, 3.8) is 0 Å². The fourth-order valence-corrected chi connectivity index (χ4v) is 1.70. The van der Waals surface area contributed by atoms with Crippen LogP contribution >= 0.6 is 0 Å². The second kappa shape index (κ2) is 2.52. The summed E-state index contributed by atoms with van der Waals surface area (Å²) in [4.78, 5) is 0. The maximum Gasteiger partial charge on any atom is -0.0414 e. The molecule has 48 valence electrons. The van der Waals surface area contributed by atoms with E-state index in [0.717, 1.165) is 11.8 Å². The zero-order chi connectivity index (χ0) is 5.98. The van der Waals surface area contributed by atoms with Gasteiger partial charge < -0.3 is 0 Å². The third-order valence-electron chi connectivity index (χ3n) is 2.38. The molecular formula is C8H16. The standard InChI is InChI=1S/C8H16/c1-3-8-5-4-7(2)6-8/h7-8H,3-6H2,1-2H3/t7-,8-/m0/s1. The maximum atomic E-state index is 2.37. The Balaban J connectivity index is 2.22. The molecule has 0 saturated heterocycles. The highest BCUT2D eigenvalue weighted by atomic mass is 14.2. The summed E-state index contributed by atoms with van der Waals surface area (Å²) in [5.41, 5.74) is 0. The normalized spacial score (nSPS) is 38.2. The van der Waals surface area contributed by atoms with Crippen molar-refractivity contribution in [3.8, 4) is 0 Å². The van der Waals surface area contributed by atoms with Crippen LogP contribution in [0.1, 0.15) is 39.5 Å². The molecule has 0 heteroatoms. The van der Waals surface area contributed by atoms with Gasteiger partial charge in [-0.15, -0.1) is 0 Å². The molecule has 0 heterocycles. The first-order valence-electron chi connectivity index (χ1n) is 3.83. The molecule has 1 aliphatic rings. The van der Waals surface area contributed by atoms with Crippen LogP contribution in [0.3, 0.4) is 0 Å². The summed E-state index contributed by atoms with van der Waals surface area (Å²) in [5, 5.41) is 0. The molecule has 0 amide bonds. The Morgan fingerprint density at radius 2 is 2.12 bits per heavy atom. The van der Waals surface area contributed by atoms with Crippen LogP contribution < -0.4 is 0 Å². The lowest BCUT2D eigenvalue weighted by molar-refractivity contribution is 0.501. The van der Waals surface area contributed by atoms with E-state index in [0.29, 0.717) is 0 Å². The van der Waals surface area contributed by atoms with Gasteiger partial charge in [0, 0.05) is 0 Å². The van der Waals surface area contributed by atoms with Gasteiger partial charge in [0.25, 0.3) is 0 Å². The average molecular weight is 112 g/mol. The zero-order valence-corrected chi connectivity index (χ0v) is 5.98. The van der Waals surface area contributed by atoms with E-state index >= 15 is 0 Å². The maximum absolute atomic E-state index is 2.37. The van der Waals surface area contributed by atoms with Crippen molar-refractivity contribution in [2.45, 2.75) is 39.5 Å². The highest BCUT2D eigenvalue weighted by Crippen LogP contribution is 2.31. The molecule has 0 nitrogen and oxygen atoms in total. The fourth-order valence-electron chi connectivity index (χ4n) is 1.70. The molecule has 0 aliphatic heterocycles. The molecule has 2 atom stereocenters. The Bertz CT molecular complexity index is 66.4. The van der Waals surface area contributed by atoms with Crippen molar-refractivity contribution in [3.05, 3.63) is 0 Å². The molecule has 0 unspecified atom stereocenters. The van der Waals surface area contributed by atoms with Gasteiger partial charge in [0.05, 0.1) is 0 Å². The first-order valence-corrected chi connectivity index (χ1v) is 3.83. The smallest absolute Gasteiger partial charge is 0.0414 e. The summed E-state index contributed by atoms with van der Waals surface area (Å²) >= 11 is 0. The van der Waals surface area contributed by atoms with Crippen LogP contribution in [0.5, 0.6) is 0 Å². The second-order valence-corrected chi connectivity index (χ2v) is 3.19. The summed E-state index contributed by atoms with van der Waals surface area (Å²) in [6.07, 6.45) is 5.89. The first kappa shape index (κ1) is 6.12. The molecule has 0 aromatic heterocycles. The van der Waals surface area contributed by atoms with Crippen molar-refractivity contribution in [1.29, 1.82) is 0 Å². The molecule has 0 radical (unpaired) electrons. The quantitative estimate of drug-likeness (QED) is 0.489. The topological polar surface area (TPSA) is 0 Å². The average Bonchev–Trinajstić information content (AvgIpc) is 2.14. The van der Waals surface area contributed by atoms with Crippen LogP contribution in [0.2, 0.25) is 0 Å². The van der Waals surface area contributed by atoms with Crippen LogP contribution in [-0.2, 0) is 0 Å². The van der Waals surface area contributed by atoms with Gasteiger partial charge >= 0.3 is 0 Å². The fraction of sp³-hybridized carbons (Fsp3) is 1.00. The first-order chi connectivity index (χ1) is 3.83. The lowest BCUT2D eigenvalue weighted by atomic mass is 10.0. The van der Waals surface area contributed by atoms with E-state index in [1.165, 1.54) is 25.7 Å². The van der Waals surface area contributed by atoms with Gasteiger partial charge in [-0.25, -0.2) is 0 Å². The minimum absolute atomic E-state index is 1.03. The van der Waals surface area contributed by atoms with Crippen LogP contribution in [0.25, 0.3) is 0 Å². The molecule has 0 aromatic rings. The summed E-state index contributed by atoms with van der Waals surface area (Å²) in [6.45, 7) is 4.68. The predicted octanol–water partition coefficient (Wildman–Crippen LogP) is 2.83. The Morgan fingerprint density at radius 3 is 2.38 bits per heavy atom. The largest absolute Gasteiger partial charge is 0.0651 e. The van der Waals surface area contributed by atoms with Crippen LogP contribution in [-0.4, -0.2) is 0 Å². The SMILES string of the molecule is CC[C@H]1CC[C@H](C)C1. The Hall–Kier alpha value is 0. The van der Waals surface area contributed by atoms with Gasteiger partial charge in [-0.3, -0.25) is 0 Å². The van der Waals surface area contributed by atoms with Gasteiger partial charge in [0.15, 0.2) is 0 Å². The van der Waals surface area contributed by atoms with Crippen LogP contribution in [0.15, 0.2) is 0 Å². The lowest BCUT2D eigenvalue weighted by Crippen LogP contribution is -1.89. The molecule has 0 spiro atoms. The molecule has 0 bridgehead atoms. The van der Waals surface area contributed by atoms with E-state index in [9.17, 15) is 0 Å². The highest BCUT2D eigenvalue weighted by Gasteiger charge is 2.18. The van der Waals surface area contributed by atoms with E-state index in [4.69, 9.17) is 0 Å². The molecule has 8 heavy (non-hydrogen) atoms. The van der Waals surface area contributed by atoms with E-state index in [1.54, 1.807) is 0 Å². The van der Waals surface area contributed by atoms with E-state index in [1.807, 2.05) is 0 Å². The monoisotopic (exact) mass is 112 g/mol.